The molecule has 10 heteroatoms. The van der Waals surface area contributed by atoms with Crippen molar-refractivity contribution in [1.29, 1.82) is 0 Å². The summed E-state index contributed by atoms with van der Waals surface area (Å²) in [4.78, 5) is 30.3. The molecule has 1 aliphatic heterocycles. The van der Waals surface area contributed by atoms with Crippen LogP contribution in [0.15, 0.2) is 4.79 Å². The fourth-order valence-electron chi connectivity index (χ4n) is 2.67. The van der Waals surface area contributed by atoms with E-state index in [9.17, 15) is 14.7 Å². The molecule has 140 valence electrons. The molecule has 1 aromatic heterocycles. The first-order valence-electron chi connectivity index (χ1n) is 8.23. The highest BCUT2D eigenvalue weighted by Crippen LogP contribution is 2.22. The van der Waals surface area contributed by atoms with Crippen LogP contribution < -0.4 is 27.7 Å². The smallest absolute Gasteiger partial charge is 0.323 e. The van der Waals surface area contributed by atoms with Crippen LogP contribution in [0.2, 0.25) is 0 Å². The Bertz CT molecular complexity index is 676. The monoisotopic (exact) mass is 354 g/mol. The molecule has 0 saturated carbocycles. The van der Waals surface area contributed by atoms with Crippen molar-refractivity contribution in [2.45, 2.75) is 51.5 Å². The summed E-state index contributed by atoms with van der Waals surface area (Å²) in [7, 11) is 0. The number of fused-ring (bicyclic) bond motifs is 1. The number of nitrogens with two attached hydrogens (primary N) is 2. The summed E-state index contributed by atoms with van der Waals surface area (Å²) >= 11 is 0. The molecule has 0 radical (unpaired) electrons. The number of aliphatic hydroxyl groups is 1. The lowest BCUT2D eigenvalue weighted by Crippen LogP contribution is -2.50. The lowest BCUT2D eigenvalue weighted by molar-refractivity contribution is -0.156. The van der Waals surface area contributed by atoms with Gasteiger partial charge in [0, 0.05) is 6.54 Å². The first-order valence-corrected chi connectivity index (χ1v) is 8.23. The molecule has 0 spiro atoms. The molecular formula is C15H26N6O4. The van der Waals surface area contributed by atoms with E-state index in [4.69, 9.17) is 16.2 Å². The minimum atomic E-state index is -1.05. The number of hydrogen-bond acceptors (Lipinski definition) is 9. The van der Waals surface area contributed by atoms with Gasteiger partial charge in [0.1, 0.15) is 23.9 Å². The van der Waals surface area contributed by atoms with Gasteiger partial charge in [-0.15, -0.1) is 0 Å². The van der Waals surface area contributed by atoms with Crippen LogP contribution in [-0.2, 0) is 9.53 Å². The van der Waals surface area contributed by atoms with Crippen molar-refractivity contribution in [2.24, 2.45) is 11.7 Å². The zero-order valence-corrected chi connectivity index (χ0v) is 14.6. The number of ether oxygens (including phenoxy) is 1. The number of rotatable bonds is 6. The first kappa shape index (κ1) is 19.0. The van der Waals surface area contributed by atoms with Gasteiger partial charge >= 0.3 is 5.97 Å². The Morgan fingerprint density at radius 2 is 2.12 bits per heavy atom. The molecule has 0 saturated heterocycles. The summed E-state index contributed by atoms with van der Waals surface area (Å²) in [5.74, 6) is 0.0126. The van der Waals surface area contributed by atoms with E-state index in [0.29, 0.717) is 12.2 Å². The normalized spacial score (nSPS) is 20.0. The minimum Gasteiger partial charge on any atom is -0.459 e. The molecule has 0 bridgehead atoms. The van der Waals surface area contributed by atoms with Crippen molar-refractivity contribution in [3.05, 3.63) is 10.4 Å². The van der Waals surface area contributed by atoms with Crippen LogP contribution in [0.3, 0.4) is 0 Å². The van der Waals surface area contributed by atoms with Crippen molar-refractivity contribution in [3.8, 4) is 0 Å². The summed E-state index contributed by atoms with van der Waals surface area (Å²) in [5, 5.41) is 16.3. The topological polar surface area (TPSA) is 168 Å². The molecule has 10 nitrogen and oxygen atoms in total. The zero-order valence-electron chi connectivity index (χ0n) is 14.6. The molecule has 0 fully saturated rings. The van der Waals surface area contributed by atoms with E-state index in [0.717, 1.165) is 0 Å². The third-order valence-corrected chi connectivity index (χ3v) is 3.98. The fraction of sp³-hybridized carbons (Fsp3) is 0.667. The fourth-order valence-corrected chi connectivity index (χ4v) is 2.67. The number of nitrogens with one attached hydrogen (secondary N) is 3. The lowest BCUT2D eigenvalue weighted by Gasteiger charge is -2.33. The molecule has 1 aromatic rings. The van der Waals surface area contributed by atoms with Gasteiger partial charge in [-0.3, -0.25) is 14.6 Å². The molecule has 0 aliphatic carbocycles. The molecule has 1 aliphatic rings. The van der Waals surface area contributed by atoms with Crippen molar-refractivity contribution < 1.29 is 14.6 Å². The highest BCUT2D eigenvalue weighted by molar-refractivity contribution is 5.75. The summed E-state index contributed by atoms with van der Waals surface area (Å²) in [6, 6.07) is -1.29. The van der Waals surface area contributed by atoms with Crippen LogP contribution in [0.5, 0.6) is 0 Å². The molecule has 0 aromatic carbocycles. The summed E-state index contributed by atoms with van der Waals surface area (Å²) in [6.45, 7) is 5.77. The highest BCUT2D eigenvalue weighted by atomic mass is 16.6. The first-order chi connectivity index (χ1) is 11.7. The van der Waals surface area contributed by atoms with Crippen molar-refractivity contribution in [3.63, 3.8) is 0 Å². The van der Waals surface area contributed by atoms with E-state index >= 15 is 0 Å². The molecule has 4 atom stereocenters. The Balaban J connectivity index is 2.00. The van der Waals surface area contributed by atoms with Crippen LogP contribution in [-0.4, -0.2) is 51.9 Å². The van der Waals surface area contributed by atoms with Gasteiger partial charge in [0.15, 0.2) is 5.82 Å². The third-order valence-electron chi connectivity index (χ3n) is 3.98. The standard InChI is InChI=1S/C15H26N6O4/c1-6(2)4-8(16)14(24)25-7(3)11(22)9-5-18-12-10(19-9)13(23)21-15(17)20-12/h6-9,11,19,22H,4-5,16H2,1-3H3,(H4,17,18,20,21,23). The summed E-state index contributed by atoms with van der Waals surface area (Å²) < 4.78 is 5.26. The molecule has 2 heterocycles. The van der Waals surface area contributed by atoms with Gasteiger partial charge in [-0.05, 0) is 19.3 Å². The number of nitrogen functional groups attached to an aromatic ring is 1. The van der Waals surface area contributed by atoms with Gasteiger partial charge < -0.3 is 31.9 Å². The SMILES string of the molecule is CC(C)CC(N)C(=O)OC(C)C(O)C1CNc2nc(N)[nH]c(=O)c2N1. The second-order valence-electron chi connectivity index (χ2n) is 6.68. The molecule has 2 rings (SSSR count). The molecular weight excluding hydrogens is 328 g/mol. The zero-order chi connectivity index (χ0) is 18.7. The lowest BCUT2D eigenvalue weighted by atomic mass is 10.0. The number of nitrogens with zero attached hydrogens (tertiary/aromatic N) is 1. The second-order valence-corrected chi connectivity index (χ2v) is 6.68. The van der Waals surface area contributed by atoms with Crippen LogP contribution in [0, 0.1) is 5.92 Å². The number of hydrogen-bond donors (Lipinski definition) is 6. The predicted molar refractivity (Wildman–Crippen MR) is 94.2 cm³/mol. The van der Waals surface area contributed by atoms with E-state index in [2.05, 4.69) is 20.6 Å². The minimum absolute atomic E-state index is 0.00140. The second kappa shape index (κ2) is 7.70. The third kappa shape index (κ3) is 4.60. The average molecular weight is 354 g/mol. The van der Waals surface area contributed by atoms with Gasteiger partial charge in [-0.1, -0.05) is 13.8 Å². The molecule has 0 amide bonds. The van der Waals surface area contributed by atoms with Gasteiger partial charge in [0.25, 0.3) is 5.56 Å². The van der Waals surface area contributed by atoms with E-state index in [1.807, 2.05) is 13.8 Å². The number of aliphatic hydroxyl groups excluding tert-OH is 1. The number of esters is 1. The van der Waals surface area contributed by atoms with E-state index in [-0.39, 0.29) is 24.1 Å². The predicted octanol–water partition coefficient (Wildman–Crippen LogP) is -0.776. The average Bonchev–Trinajstić information content (AvgIpc) is 2.52. The molecule has 4 unspecified atom stereocenters. The van der Waals surface area contributed by atoms with E-state index in [1.54, 1.807) is 6.92 Å². The van der Waals surface area contributed by atoms with Gasteiger partial charge in [0.05, 0.1) is 6.04 Å². The number of H-pyrrole nitrogens is 1. The van der Waals surface area contributed by atoms with Crippen molar-refractivity contribution in [1.82, 2.24) is 9.97 Å². The Morgan fingerprint density at radius 3 is 2.76 bits per heavy atom. The summed E-state index contributed by atoms with van der Waals surface area (Å²) in [6.07, 6.45) is -1.35. The van der Waals surface area contributed by atoms with Crippen LogP contribution >= 0.6 is 0 Å². The van der Waals surface area contributed by atoms with Gasteiger partial charge in [-0.2, -0.15) is 4.98 Å². The molecule has 25 heavy (non-hydrogen) atoms. The number of aromatic nitrogens is 2. The van der Waals surface area contributed by atoms with Crippen molar-refractivity contribution in [2.75, 3.05) is 22.9 Å². The van der Waals surface area contributed by atoms with Crippen LogP contribution in [0.4, 0.5) is 17.5 Å². The number of aromatic amines is 1. The Kier molecular flexibility index (Phi) is 5.85. The molecule has 8 N–H and O–H groups in total. The maximum absolute atomic E-state index is 12.0. The van der Waals surface area contributed by atoms with E-state index < -0.39 is 35.8 Å². The Labute approximate surface area is 145 Å². The van der Waals surface area contributed by atoms with E-state index in [1.165, 1.54) is 0 Å². The number of carbonyl (C=O) groups excluding carboxylic acids is 1. The number of carbonyl (C=O) groups is 1. The van der Waals surface area contributed by atoms with Crippen LogP contribution in [0.1, 0.15) is 27.2 Å². The van der Waals surface area contributed by atoms with Crippen LogP contribution in [0.25, 0.3) is 0 Å². The maximum atomic E-state index is 12.0. The largest absolute Gasteiger partial charge is 0.459 e. The van der Waals surface area contributed by atoms with Crippen molar-refractivity contribution >= 4 is 23.4 Å². The van der Waals surface area contributed by atoms with Gasteiger partial charge in [0.2, 0.25) is 5.95 Å². The number of anilines is 3. The highest BCUT2D eigenvalue weighted by Gasteiger charge is 2.32. The Hall–Kier alpha value is -2.33. The quantitative estimate of drug-likeness (QED) is 0.359. The maximum Gasteiger partial charge on any atom is 0.323 e. The Morgan fingerprint density at radius 1 is 1.44 bits per heavy atom. The van der Waals surface area contributed by atoms with Gasteiger partial charge in [-0.25, -0.2) is 0 Å². The summed E-state index contributed by atoms with van der Waals surface area (Å²) in [5.41, 5.74) is 11.0.